The average Bonchev–Trinajstić information content (AvgIpc) is 2.69. The van der Waals surface area contributed by atoms with Crippen LogP contribution in [0.1, 0.15) is 131 Å². The smallest absolute Gasteiger partial charge is 0.356 e. The third-order valence-electron chi connectivity index (χ3n) is 6.01. The molecule has 0 bridgehead atoms. The van der Waals surface area contributed by atoms with Crippen molar-refractivity contribution in [2.75, 3.05) is 13.2 Å². The Kier molecular flexibility index (Phi) is 18.1. The Bertz CT molecular complexity index is 510. The molecule has 0 radical (unpaired) electrons. The molecule has 0 saturated heterocycles. The van der Waals surface area contributed by atoms with Crippen molar-refractivity contribution in [3.05, 3.63) is 12.2 Å². The molecule has 0 aromatic rings. The van der Waals surface area contributed by atoms with E-state index in [-0.39, 0.29) is 12.2 Å². The minimum Gasteiger partial charge on any atom is -0.375 e. The summed E-state index contributed by atoms with van der Waals surface area (Å²) in [6.07, 6.45) is 23.4. The van der Waals surface area contributed by atoms with Gasteiger partial charge in [-0.25, -0.2) is 0 Å². The summed E-state index contributed by atoms with van der Waals surface area (Å²) in [4.78, 5) is 18.6. The molecule has 0 aliphatic carbocycles. The molecule has 0 aliphatic rings. The van der Waals surface area contributed by atoms with E-state index < -0.39 is 12.9 Å². The molecular weight excluding hydrogens is 423 g/mol. The quantitative estimate of drug-likeness (QED) is 0.0937. The van der Waals surface area contributed by atoms with Crippen molar-refractivity contribution >= 4 is 7.60 Å². The predicted molar refractivity (Wildman–Crippen MR) is 136 cm³/mol. The zero-order valence-corrected chi connectivity index (χ0v) is 22.6. The monoisotopic (exact) mass is 476 g/mol. The summed E-state index contributed by atoms with van der Waals surface area (Å²) in [5.41, 5.74) is -0.354. The third-order valence-corrected chi connectivity index (χ3v) is 7.54. The van der Waals surface area contributed by atoms with Gasteiger partial charge in [-0.15, -0.1) is 0 Å². The number of rotatable bonds is 22. The van der Waals surface area contributed by atoms with Crippen molar-refractivity contribution in [2.45, 2.75) is 142 Å². The second kappa shape index (κ2) is 18.2. The summed E-state index contributed by atoms with van der Waals surface area (Å²) >= 11 is 0. The molecule has 0 unspecified atom stereocenters. The van der Waals surface area contributed by atoms with Gasteiger partial charge in [0.15, 0.2) is 5.34 Å². The topological polar surface area (TPSA) is 76.0 Å². The van der Waals surface area contributed by atoms with Crippen LogP contribution in [0.2, 0.25) is 0 Å². The van der Waals surface area contributed by atoms with Crippen LogP contribution in [0.5, 0.6) is 0 Å². The predicted octanol–water partition coefficient (Wildman–Crippen LogP) is 8.14. The Morgan fingerprint density at radius 3 is 1.66 bits per heavy atom. The maximum absolute atomic E-state index is 11.4. The second-order valence-electron chi connectivity index (χ2n) is 10.1. The summed E-state index contributed by atoms with van der Waals surface area (Å²) in [5.74, 6) is 0. The van der Waals surface area contributed by atoms with Gasteiger partial charge in [0, 0.05) is 6.61 Å². The van der Waals surface area contributed by atoms with Crippen LogP contribution >= 0.6 is 7.60 Å². The van der Waals surface area contributed by atoms with Gasteiger partial charge in [-0.2, -0.15) is 0 Å². The molecule has 0 aromatic heterocycles. The van der Waals surface area contributed by atoms with E-state index >= 15 is 0 Å². The van der Waals surface area contributed by atoms with Gasteiger partial charge in [-0.05, 0) is 66.2 Å². The van der Waals surface area contributed by atoms with Gasteiger partial charge in [0.1, 0.15) is 0 Å². The lowest BCUT2D eigenvalue weighted by atomic mass is 10.1. The standard InChI is InChI=1S/C26H53O5P/c1-6-7-8-9-10-11-12-13-14-15-16-17-18-19-20-21-23-30-25(2,3)22-24-31-26(4,5)32(27,28)29/h13-14H,6-12,15-24H2,1-5H3,(H2,27,28,29)/b14-13-. The maximum atomic E-state index is 11.4. The van der Waals surface area contributed by atoms with Crippen LogP contribution in [-0.4, -0.2) is 33.9 Å². The Hall–Kier alpha value is -0.190. The Morgan fingerprint density at radius 2 is 1.16 bits per heavy atom. The largest absolute Gasteiger partial charge is 0.375 e. The highest BCUT2D eigenvalue weighted by Gasteiger charge is 2.39. The van der Waals surface area contributed by atoms with E-state index in [4.69, 9.17) is 9.47 Å². The zero-order valence-electron chi connectivity index (χ0n) is 21.7. The van der Waals surface area contributed by atoms with E-state index in [1.54, 1.807) is 0 Å². The maximum Gasteiger partial charge on any atom is 0.356 e. The van der Waals surface area contributed by atoms with Crippen molar-refractivity contribution < 1.29 is 23.8 Å². The van der Waals surface area contributed by atoms with E-state index in [0.29, 0.717) is 6.42 Å². The molecule has 0 heterocycles. The molecule has 5 nitrogen and oxygen atoms in total. The van der Waals surface area contributed by atoms with Crippen LogP contribution in [0.25, 0.3) is 0 Å². The molecule has 0 amide bonds. The van der Waals surface area contributed by atoms with E-state index in [9.17, 15) is 14.4 Å². The van der Waals surface area contributed by atoms with Crippen molar-refractivity contribution in [2.24, 2.45) is 0 Å². The lowest BCUT2D eigenvalue weighted by molar-refractivity contribution is -0.0579. The molecule has 0 rings (SSSR count). The van der Waals surface area contributed by atoms with Gasteiger partial charge in [0.2, 0.25) is 0 Å². The number of hydrogen-bond acceptors (Lipinski definition) is 3. The molecule has 192 valence electrons. The summed E-state index contributed by atoms with van der Waals surface area (Å²) in [6, 6.07) is 0. The van der Waals surface area contributed by atoms with Gasteiger partial charge in [0.25, 0.3) is 0 Å². The van der Waals surface area contributed by atoms with Crippen LogP contribution < -0.4 is 0 Å². The molecule has 0 spiro atoms. The van der Waals surface area contributed by atoms with Gasteiger partial charge in [-0.3, -0.25) is 4.57 Å². The van der Waals surface area contributed by atoms with Crippen LogP contribution in [0.4, 0.5) is 0 Å². The van der Waals surface area contributed by atoms with Gasteiger partial charge in [-0.1, -0.05) is 76.9 Å². The number of ether oxygens (including phenoxy) is 2. The molecule has 32 heavy (non-hydrogen) atoms. The van der Waals surface area contributed by atoms with Crippen molar-refractivity contribution in [1.82, 2.24) is 0 Å². The lowest BCUT2D eigenvalue weighted by Crippen LogP contribution is -2.31. The summed E-state index contributed by atoms with van der Waals surface area (Å²) in [7, 11) is -4.27. The van der Waals surface area contributed by atoms with Crippen LogP contribution in [0, 0.1) is 0 Å². The van der Waals surface area contributed by atoms with Crippen molar-refractivity contribution in [1.29, 1.82) is 0 Å². The highest BCUT2D eigenvalue weighted by atomic mass is 31.2. The highest BCUT2D eigenvalue weighted by Crippen LogP contribution is 2.50. The SMILES string of the molecule is CCCCCCCC/C=C\CCCCCCCCOC(C)(C)CCOC(C)(C)P(=O)(O)O. The van der Waals surface area contributed by atoms with E-state index in [1.807, 2.05) is 13.8 Å². The van der Waals surface area contributed by atoms with Crippen LogP contribution in [0.3, 0.4) is 0 Å². The fourth-order valence-electron chi connectivity index (χ4n) is 3.40. The number of allylic oxidation sites excluding steroid dienone is 2. The zero-order chi connectivity index (χ0) is 24.3. The summed E-state index contributed by atoms with van der Waals surface area (Å²) < 4.78 is 22.8. The fourth-order valence-corrected chi connectivity index (χ4v) is 3.66. The van der Waals surface area contributed by atoms with Crippen molar-refractivity contribution in [3.63, 3.8) is 0 Å². The minimum atomic E-state index is -4.27. The van der Waals surface area contributed by atoms with E-state index in [1.165, 1.54) is 97.3 Å². The molecular formula is C26H53O5P. The molecule has 0 aromatic carbocycles. The van der Waals surface area contributed by atoms with Crippen LogP contribution in [0.15, 0.2) is 12.2 Å². The third kappa shape index (κ3) is 18.3. The first-order valence-electron chi connectivity index (χ1n) is 13.0. The fraction of sp³-hybridized carbons (Fsp3) is 0.923. The second-order valence-corrected chi connectivity index (χ2v) is 12.3. The molecule has 0 saturated carbocycles. The van der Waals surface area contributed by atoms with Gasteiger partial charge in [0.05, 0.1) is 12.2 Å². The molecule has 0 fully saturated rings. The summed E-state index contributed by atoms with van der Waals surface area (Å²) in [6.45, 7) is 10.1. The summed E-state index contributed by atoms with van der Waals surface area (Å²) in [5, 5.41) is -1.45. The van der Waals surface area contributed by atoms with E-state index in [0.717, 1.165) is 13.0 Å². The molecule has 2 N–H and O–H groups in total. The van der Waals surface area contributed by atoms with Gasteiger partial charge >= 0.3 is 7.60 Å². The highest BCUT2D eigenvalue weighted by molar-refractivity contribution is 7.53. The minimum absolute atomic E-state index is 0.262. The average molecular weight is 477 g/mol. The van der Waals surface area contributed by atoms with E-state index in [2.05, 4.69) is 19.1 Å². The lowest BCUT2D eigenvalue weighted by Gasteiger charge is -2.30. The first-order valence-corrected chi connectivity index (χ1v) is 14.6. The Morgan fingerprint density at radius 1 is 0.688 bits per heavy atom. The van der Waals surface area contributed by atoms with Gasteiger partial charge < -0.3 is 19.3 Å². The Balaban J connectivity index is 3.53. The first-order chi connectivity index (χ1) is 15.0. The normalized spacial score (nSPS) is 13.3. The number of hydrogen-bond donors (Lipinski definition) is 2. The number of unbranched alkanes of at least 4 members (excludes halogenated alkanes) is 12. The van der Waals surface area contributed by atoms with Crippen molar-refractivity contribution in [3.8, 4) is 0 Å². The first kappa shape index (κ1) is 31.8. The van der Waals surface area contributed by atoms with Crippen LogP contribution in [-0.2, 0) is 14.0 Å². The Labute approximate surface area is 198 Å². The molecule has 0 aliphatic heterocycles. The molecule has 6 heteroatoms. The molecule has 0 atom stereocenters.